The van der Waals surface area contributed by atoms with Gasteiger partial charge < -0.3 is 10.0 Å². The van der Waals surface area contributed by atoms with Crippen molar-refractivity contribution in [2.75, 3.05) is 11.4 Å². The quantitative estimate of drug-likeness (QED) is 0.160. The number of nitrogens with zero attached hydrogens (tertiary/aromatic N) is 3. The van der Waals surface area contributed by atoms with Gasteiger partial charge in [0, 0.05) is 47.5 Å². The molecule has 1 aliphatic heterocycles. The third kappa shape index (κ3) is 12.8. The smallest absolute Gasteiger partial charge is 0.369 e. The Labute approximate surface area is 282 Å². The third-order valence-corrected chi connectivity index (χ3v) is 6.22. The van der Waals surface area contributed by atoms with Crippen LogP contribution in [0.15, 0.2) is 103 Å². The van der Waals surface area contributed by atoms with E-state index in [4.69, 9.17) is 0 Å². The Morgan fingerprint density at radius 3 is 1.94 bits per heavy atom. The predicted octanol–water partition coefficient (Wildman–Crippen LogP) is 11.3. The largest absolute Gasteiger partial charge is 0.430 e. The minimum atomic E-state index is -5.90. The van der Waals surface area contributed by atoms with Gasteiger partial charge in [-0.25, -0.2) is 0 Å². The average molecular weight is 678 g/mol. The lowest BCUT2D eigenvalue weighted by atomic mass is 9.91. The van der Waals surface area contributed by atoms with Crippen molar-refractivity contribution >= 4 is 11.9 Å². The molecular formula is C38H49F6N3O. The van der Waals surface area contributed by atoms with Crippen molar-refractivity contribution in [2.24, 2.45) is 4.99 Å². The molecule has 0 atom stereocenters. The van der Waals surface area contributed by atoms with Crippen LogP contribution in [0.25, 0.3) is 11.3 Å². The van der Waals surface area contributed by atoms with Gasteiger partial charge in [-0.05, 0) is 62.6 Å². The molecule has 0 bridgehead atoms. The molecule has 4 rings (SSSR count). The molecule has 0 amide bonds. The fourth-order valence-electron chi connectivity index (χ4n) is 4.24. The van der Waals surface area contributed by atoms with Gasteiger partial charge in [-0.2, -0.15) is 26.3 Å². The molecule has 0 saturated heterocycles. The fraction of sp³-hybridized carbons (Fsp3) is 0.368. The molecule has 264 valence electrons. The highest BCUT2D eigenvalue weighted by molar-refractivity contribution is 5.71. The van der Waals surface area contributed by atoms with E-state index in [9.17, 15) is 31.4 Å². The first-order valence-electron chi connectivity index (χ1n) is 15.6. The maximum absolute atomic E-state index is 13.1. The van der Waals surface area contributed by atoms with Crippen molar-refractivity contribution in [1.29, 1.82) is 0 Å². The van der Waals surface area contributed by atoms with E-state index in [1.165, 1.54) is 18.6 Å². The minimum Gasteiger partial charge on any atom is -0.369 e. The van der Waals surface area contributed by atoms with E-state index >= 15 is 0 Å². The standard InChI is InChI=1S/C24H20F6N2O.C6H9N.C3H8.C3H6.C2H6/c1-15-3-2-4-20(31-15)17-7-10-21-18(13-17)11-12-32(21)14-16-5-8-19(9-6-16)22(33,23(25,26)27)24(28,29)30;1-4-5-7-6(2)3;2*1-3-2;1-2/h2-10,13,33H,11-12,14H2,1H3;4-5H,1-2H2,3H3;3H2,1-2H3;3H,1H2,2H3;1-2H3. The monoisotopic (exact) mass is 677 g/mol. The molecule has 0 spiro atoms. The highest BCUT2D eigenvalue weighted by atomic mass is 19.4. The van der Waals surface area contributed by atoms with Crippen LogP contribution in [0.2, 0.25) is 0 Å². The Hall–Kier alpha value is -4.18. The topological polar surface area (TPSA) is 48.7 Å². The number of hydrogen-bond donors (Lipinski definition) is 1. The fourth-order valence-corrected chi connectivity index (χ4v) is 4.24. The van der Waals surface area contributed by atoms with Gasteiger partial charge in [-0.3, -0.25) is 9.98 Å². The summed E-state index contributed by atoms with van der Waals surface area (Å²) in [6, 6.07) is 15.4. The molecule has 48 heavy (non-hydrogen) atoms. The first-order valence-corrected chi connectivity index (χ1v) is 15.6. The van der Waals surface area contributed by atoms with E-state index in [0.717, 1.165) is 40.3 Å². The zero-order valence-electron chi connectivity index (χ0n) is 29.0. The van der Waals surface area contributed by atoms with Gasteiger partial charge in [0.05, 0.1) is 5.69 Å². The summed E-state index contributed by atoms with van der Waals surface area (Å²) in [5.41, 5.74) is -0.0599. The number of fused-ring (bicyclic) bond motifs is 1. The summed E-state index contributed by atoms with van der Waals surface area (Å²) in [7, 11) is 0. The molecular weight excluding hydrogens is 628 g/mol. The Bertz CT molecular complexity index is 1430. The molecule has 0 saturated carbocycles. The van der Waals surface area contributed by atoms with E-state index in [1.807, 2.05) is 75.9 Å². The average Bonchev–Trinajstić information content (AvgIpc) is 3.42. The second-order valence-electron chi connectivity index (χ2n) is 10.4. The number of rotatable bonds is 6. The van der Waals surface area contributed by atoms with Crippen molar-refractivity contribution in [3.63, 3.8) is 0 Å². The summed E-state index contributed by atoms with van der Waals surface area (Å²) in [4.78, 5) is 10.3. The zero-order chi connectivity index (χ0) is 37.1. The summed E-state index contributed by atoms with van der Waals surface area (Å²) in [5, 5.41) is 9.53. The molecule has 1 aliphatic rings. The second kappa shape index (κ2) is 20.9. The summed E-state index contributed by atoms with van der Waals surface area (Å²) in [6.45, 7) is 25.2. The molecule has 1 aromatic heterocycles. The summed E-state index contributed by atoms with van der Waals surface area (Å²) < 4.78 is 78.4. The van der Waals surface area contributed by atoms with Gasteiger partial charge in [-0.15, -0.1) is 6.58 Å². The van der Waals surface area contributed by atoms with E-state index in [2.05, 4.69) is 43.6 Å². The van der Waals surface area contributed by atoms with Crippen LogP contribution in [0.4, 0.5) is 32.0 Å². The second-order valence-corrected chi connectivity index (χ2v) is 10.4. The maximum atomic E-state index is 13.1. The molecule has 3 aromatic rings. The number of aryl methyl sites for hydroxylation is 1. The van der Waals surface area contributed by atoms with E-state index < -0.39 is 23.5 Å². The number of allylic oxidation sites excluding steroid dienone is 3. The first-order chi connectivity index (χ1) is 22.5. The van der Waals surface area contributed by atoms with Gasteiger partial charge in [0.1, 0.15) is 0 Å². The van der Waals surface area contributed by atoms with Crippen molar-refractivity contribution in [2.45, 2.75) is 85.8 Å². The van der Waals surface area contributed by atoms with Crippen LogP contribution in [0, 0.1) is 6.92 Å². The minimum absolute atomic E-state index is 0.311. The SMILES string of the molecule is C=CC.C=CC=NC(=C)C.CC.CCC.Cc1cccc(-c2ccc3c(c2)CCN3Cc2ccc(C(O)(C(F)(F)F)C(F)(F)F)cc2)n1. The molecule has 2 heterocycles. The van der Waals surface area contributed by atoms with Gasteiger partial charge in [-0.1, -0.05) is 95.8 Å². The number of anilines is 1. The number of aliphatic imine (C=N–C) groups is 1. The highest BCUT2D eigenvalue weighted by Crippen LogP contribution is 2.50. The summed E-state index contributed by atoms with van der Waals surface area (Å²) in [5.74, 6) is 0. The van der Waals surface area contributed by atoms with Crippen LogP contribution < -0.4 is 4.90 Å². The molecule has 0 aliphatic carbocycles. The Balaban J connectivity index is 0.00000125. The van der Waals surface area contributed by atoms with Gasteiger partial charge in [0.15, 0.2) is 0 Å². The highest BCUT2D eigenvalue weighted by Gasteiger charge is 2.71. The van der Waals surface area contributed by atoms with Gasteiger partial charge in [0.25, 0.3) is 5.60 Å². The Morgan fingerprint density at radius 2 is 1.50 bits per heavy atom. The molecule has 0 fully saturated rings. The molecule has 0 unspecified atom stereocenters. The molecule has 2 aromatic carbocycles. The number of halogens is 6. The predicted molar refractivity (Wildman–Crippen MR) is 188 cm³/mol. The van der Waals surface area contributed by atoms with Crippen LogP contribution in [0.5, 0.6) is 0 Å². The van der Waals surface area contributed by atoms with Gasteiger partial charge >= 0.3 is 12.4 Å². The normalized spacial score (nSPS) is 12.1. The molecule has 1 N–H and O–H groups in total. The lowest BCUT2D eigenvalue weighted by Gasteiger charge is -2.32. The van der Waals surface area contributed by atoms with Crippen molar-refractivity contribution in [3.05, 3.63) is 121 Å². The van der Waals surface area contributed by atoms with Crippen LogP contribution >= 0.6 is 0 Å². The number of aliphatic hydroxyl groups is 1. The van der Waals surface area contributed by atoms with E-state index in [1.54, 1.807) is 18.4 Å². The summed E-state index contributed by atoms with van der Waals surface area (Å²) in [6.07, 6.45) is -4.80. The Morgan fingerprint density at radius 1 is 0.958 bits per heavy atom. The third-order valence-electron chi connectivity index (χ3n) is 6.22. The van der Waals surface area contributed by atoms with Crippen LogP contribution in [0.1, 0.15) is 70.3 Å². The molecule has 4 nitrogen and oxygen atoms in total. The van der Waals surface area contributed by atoms with E-state index in [-0.39, 0.29) is 0 Å². The van der Waals surface area contributed by atoms with Crippen molar-refractivity contribution in [3.8, 4) is 11.3 Å². The number of alkyl halides is 6. The number of hydrogen-bond acceptors (Lipinski definition) is 4. The van der Waals surface area contributed by atoms with Crippen molar-refractivity contribution in [1.82, 2.24) is 4.98 Å². The number of pyridine rings is 1. The van der Waals surface area contributed by atoms with Crippen LogP contribution in [-0.2, 0) is 18.6 Å². The number of benzene rings is 2. The van der Waals surface area contributed by atoms with Crippen molar-refractivity contribution < 1.29 is 31.4 Å². The van der Waals surface area contributed by atoms with Crippen LogP contribution in [-0.4, -0.2) is 35.2 Å². The lowest BCUT2D eigenvalue weighted by molar-refractivity contribution is -0.376. The van der Waals surface area contributed by atoms with E-state index in [0.29, 0.717) is 30.8 Å². The molecule has 0 radical (unpaired) electrons. The lowest BCUT2D eigenvalue weighted by Crippen LogP contribution is -2.53. The molecule has 10 heteroatoms. The maximum Gasteiger partial charge on any atom is 0.430 e. The zero-order valence-corrected chi connectivity index (χ0v) is 29.0. The number of aromatic nitrogens is 1. The first kappa shape index (κ1) is 43.8. The van der Waals surface area contributed by atoms with Crippen LogP contribution in [0.3, 0.4) is 0 Å². The van der Waals surface area contributed by atoms with Gasteiger partial charge in [0.2, 0.25) is 0 Å². The summed E-state index contributed by atoms with van der Waals surface area (Å²) >= 11 is 0. The Kier molecular flexibility index (Phi) is 19.1.